The summed E-state index contributed by atoms with van der Waals surface area (Å²) in [5.41, 5.74) is 1.40. The van der Waals surface area contributed by atoms with E-state index in [1.807, 2.05) is 0 Å². The first-order chi connectivity index (χ1) is 15.8. The van der Waals surface area contributed by atoms with Crippen molar-refractivity contribution in [3.63, 3.8) is 0 Å². The molecule has 3 aromatic carbocycles. The topological polar surface area (TPSA) is 27.7 Å². The quantitative estimate of drug-likeness (QED) is 0.253. The molecule has 0 aromatic heterocycles. The van der Waals surface area contributed by atoms with Crippen molar-refractivity contribution in [2.45, 2.75) is 0 Å². The van der Waals surface area contributed by atoms with E-state index in [0.29, 0.717) is 22.6 Å². The maximum atomic E-state index is 14.8. The smallest absolute Gasteiger partial charge is 0.167 e. The molecule has 3 nitrogen and oxygen atoms in total. The van der Waals surface area contributed by atoms with Crippen LogP contribution in [0.4, 0.5) is 13.2 Å². The Morgan fingerprint density at radius 3 is 1.73 bits per heavy atom. The van der Waals surface area contributed by atoms with Gasteiger partial charge in [0, 0.05) is 22.8 Å². The Morgan fingerprint density at radius 1 is 0.788 bits per heavy atom. The van der Waals surface area contributed by atoms with E-state index >= 15 is 0 Å². The van der Waals surface area contributed by atoms with Gasteiger partial charge >= 0.3 is 0 Å². The minimum absolute atomic E-state index is 0.0990. The number of hydrogen-bond acceptors (Lipinski definition) is 3. The Kier molecular flexibility index (Phi) is 7.61. The normalized spacial score (nSPS) is 11.1. The second-order valence-corrected chi connectivity index (χ2v) is 7.10. The number of ether oxygens (including phenoxy) is 3. The van der Waals surface area contributed by atoms with Crippen molar-refractivity contribution in [3.05, 3.63) is 109 Å². The number of rotatable bonds is 9. The van der Waals surface area contributed by atoms with Crippen LogP contribution in [0, 0.1) is 11.6 Å². The highest BCUT2D eigenvalue weighted by atomic mass is 19.2. The van der Waals surface area contributed by atoms with Crippen LogP contribution in [0.15, 0.2) is 97.1 Å². The SMILES string of the molecule is C=C(/C=C(/F)C(=C)COc1ccc(-c2ccc(-c3ccc(OC)cc3)c(F)c2F)cc1)OC. The molecule has 3 aromatic rings. The molecule has 3 rings (SSSR count). The Balaban J connectivity index is 1.74. The second-order valence-electron chi connectivity index (χ2n) is 7.10. The third-order valence-corrected chi connectivity index (χ3v) is 4.95. The monoisotopic (exact) mass is 452 g/mol. The molecule has 6 heteroatoms. The third kappa shape index (κ3) is 5.66. The van der Waals surface area contributed by atoms with Gasteiger partial charge in [-0.25, -0.2) is 13.2 Å². The van der Waals surface area contributed by atoms with Crippen LogP contribution in [0.5, 0.6) is 11.5 Å². The van der Waals surface area contributed by atoms with Gasteiger partial charge in [0.2, 0.25) is 0 Å². The molecule has 0 spiro atoms. The van der Waals surface area contributed by atoms with Gasteiger partial charge in [-0.3, -0.25) is 0 Å². The highest BCUT2D eigenvalue weighted by molar-refractivity contribution is 5.72. The van der Waals surface area contributed by atoms with E-state index in [0.717, 1.165) is 6.08 Å². The summed E-state index contributed by atoms with van der Waals surface area (Å²) < 4.78 is 59.0. The molecule has 0 amide bonds. The van der Waals surface area contributed by atoms with Crippen LogP contribution < -0.4 is 9.47 Å². The number of allylic oxidation sites excluding steroid dienone is 1. The van der Waals surface area contributed by atoms with Gasteiger partial charge in [-0.1, -0.05) is 49.6 Å². The van der Waals surface area contributed by atoms with E-state index in [2.05, 4.69) is 13.2 Å². The zero-order chi connectivity index (χ0) is 24.0. The lowest BCUT2D eigenvalue weighted by Gasteiger charge is -2.11. The van der Waals surface area contributed by atoms with Crippen LogP contribution >= 0.6 is 0 Å². The maximum Gasteiger partial charge on any atom is 0.167 e. The van der Waals surface area contributed by atoms with E-state index in [9.17, 15) is 13.2 Å². The highest BCUT2D eigenvalue weighted by Crippen LogP contribution is 2.33. The largest absolute Gasteiger partial charge is 0.497 e. The molecule has 0 heterocycles. The molecular weight excluding hydrogens is 429 g/mol. The summed E-state index contributed by atoms with van der Waals surface area (Å²) in [6.07, 6.45) is 1.11. The predicted molar refractivity (Wildman–Crippen MR) is 124 cm³/mol. The Bertz CT molecular complexity index is 1180. The summed E-state index contributed by atoms with van der Waals surface area (Å²) in [4.78, 5) is 0. The highest BCUT2D eigenvalue weighted by Gasteiger charge is 2.16. The van der Waals surface area contributed by atoms with Gasteiger partial charge in [-0.15, -0.1) is 0 Å². The van der Waals surface area contributed by atoms with Crippen LogP contribution in [0.2, 0.25) is 0 Å². The summed E-state index contributed by atoms with van der Waals surface area (Å²) in [5.74, 6) is -1.28. The minimum atomic E-state index is -0.948. The summed E-state index contributed by atoms with van der Waals surface area (Å²) in [6, 6.07) is 16.1. The minimum Gasteiger partial charge on any atom is -0.497 e. The van der Waals surface area contributed by atoms with Crippen molar-refractivity contribution in [2.24, 2.45) is 0 Å². The number of benzene rings is 3. The van der Waals surface area contributed by atoms with Crippen LogP contribution in [-0.2, 0) is 4.74 Å². The molecule has 0 fully saturated rings. The van der Waals surface area contributed by atoms with Gasteiger partial charge in [0.05, 0.1) is 14.2 Å². The van der Waals surface area contributed by atoms with Crippen LogP contribution in [0.25, 0.3) is 22.3 Å². The first-order valence-corrected chi connectivity index (χ1v) is 9.98. The van der Waals surface area contributed by atoms with Crippen LogP contribution in [-0.4, -0.2) is 20.8 Å². The van der Waals surface area contributed by atoms with E-state index in [1.54, 1.807) is 48.5 Å². The fourth-order valence-electron chi connectivity index (χ4n) is 3.04. The van der Waals surface area contributed by atoms with Crippen molar-refractivity contribution in [2.75, 3.05) is 20.8 Å². The molecule has 0 atom stereocenters. The van der Waals surface area contributed by atoms with Gasteiger partial charge in [0.1, 0.15) is 29.7 Å². The maximum absolute atomic E-state index is 14.8. The lowest BCUT2D eigenvalue weighted by atomic mass is 9.98. The zero-order valence-corrected chi connectivity index (χ0v) is 18.3. The Hall–Kier alpha value is -3.93. The first-order valence-electron chi connectivity index (χ1n) is 9.98. The fraction of sp³-hybridized carbons (Fsp3) is 0.111. The van der Waals surface area contributed by atoms with E-state index < -0.39 is 17.5 Å². The zero-order valence-electron chi connectivity index (χ0n) is 18.3. The predicted octanol–water partition coefficient (Wildman–Crippen LogP) is 7.26. The third-order valence-electron chi connectivity index (χ3n) is 4.95. The second kappa shape index (κ2) is 10.6. The molecule has 170 valence electrons. The van der Waals surface area contributed by atoms with Gasteiger partial charge in [0.25, 0.3) is 0 Å². The lowest BCUT2D eigenvalue weighted by Crippen LogP contribution is -2.01. The lowest BCUT2D eigenvalue weighted by molar-refractivity contribution is 0.306. The molecule has 0 unspecified atom stereocenters. The van der Waals surface area contributed by atoms with Crippen molar-refractivity contribution in [3.8, 4) is 33.8 Å². The van der Waals surface area contributed by atoms with E-state index in [1.165, 1.54) is 26.4 Å². The molecule has 0 aliphatic heterocycles. The van der Waals surface area contributed by atoms with Gasteiger partial charge < -0.3 is 14.2 Å². The molecule has 0 saturated carbocycles. The molecule has 0 saturated heterocycles. The molecule has 0 aliphatic carbocycles. The van der Waals surface area contributed by atoms with Crippen LogP contribution in [0.3, 0.4) is 0 Å². The van der Waals surface area contributed by atoms with Gasteiger partial charge in [-0.2, -0.15) is 0 Å². The number of halogens is 3. The summed E-state index contributed by atoms with van der Waals surface area (Å²) >= 11 is 0. The van der Waals surface area contributed by atoms with Gasteiger partial charge in [0.15, 0.2) is 11.6 Å². The summed E-state index contributed by atoms with van der Waals surface area (Å²) in [7, 11) is 2.92. The average Bonchev–Trinajstić information content (AvgIpc) is 2.84. The fourth-order valence-corrected chi connectivity index (χ4v) is 3.04. The number of hydrogen-bond donors (Lipinski definition) is 0. The van der Waals surface area contributed by atoms with E-state index in [-0.39, 0.29) is 29.1 Å². The van der Waals surface area contributed by atoms with Crippen molar-refractivity contribution < 1.29 is 27.4 Å². The van der Waals surface area contributed by atoms with Gasteiger partial charge in [-0.05, 0) is 35.4 Å². The molecule has 0 radical (unpaired) electrons. The standard InChI is InChI=1S/C27H23F3O3/c1-17(25(28)15-18(2)31-3)16-33-22-11-7-20(8-12-22)24-14-13-23(26(29)27(24)30)19-5-9-21(32-4)10-6-19/h5-15H,1-2,16H2,3-4H3/b25-15+. The molecular formula is C27H23F3O3. The van der Waals surface area contributed by atoms with E-state index in [4.69, 9.17) is 14.2 Å². The average molecular weight is 452 g/mol. The Labute approximate surface area is 191 Å². The molecule has 0 N–H and O–H groups in total. The summed E-state index contributed by atoms with van der Waals surface area (Å²) in [6.45, 7) is 7.04. The van der Waals surface area contributed by atoms with Crippen molar-refractivity contribution in [1.82, 2.24) is 0 Å². The van der Waals surface area contributed by atoms with Crippen LogP contribution in [0.1, 0.15) is 0 Å². The summed E-state index contributed by atoms with van der Waals surface area (Å²) in [5, 5.41) is 0. The Morgan fingerprint density at radius 2 is 1.27 bits per heavy atom. The molecule has 0 aliphatic rings. The molecule has 33 heavy (non-hydrogen) atoms. The number of methoxy groups -OCH3 is 2. The first kappa shape index (κ1) is 23.7. The van der Waals surface area contributed by atoms with Crippen molar-refractivity contribution >= 4 is 0 Å². The van der Waals surface area contributed by atoms with Crippen molar-refractivity contribution in [1.29, 1.82) is 0 Å². The molecule has 0 bridgehead atoms.